The van der Waals surface area contributed by atoms with Gasteiger partial charge in [-0.2, -0.15) is 0 Å². The maximum Gasteiger partial charge on any atom is 0.338 e. The number of amides is 1. The molecule has 0 aromatic heterocycles. The molecular weight excluding hydrogens is 326 g/mol. The van der Waals surface area contributed by atoms with Gasteiger partial charge in [-0.25, -0.2) is 4.79 Å². The SMILES string of the molecule is CCOC(=O)c1cccc(NC(=O)/C=C/c2ccccc2Cl)c1C. The number of rotatable bonds is 5. The van der Waals surface area contributed by atoms with Crippen LogP contribution in [0.1, 0.15) is 28.4 Å². The highest BCUT2D eigenvalue weighted by Gasteiger charge is 2.13. The van der Waals surface area contributed by atoms with Gasteiger partial charge < -0.3 is 10.1 Å². The molecule has 24 heavy (non-hydrogen) atoms. The Balaban J connectivity index is 2.13. The van der Waals surface area contributed by atoms with E-state index in [0.717, 1.165) is 5.56 Å². The summed E-state index contributed by atoms with van der Waals surface area (Å²) in [5.41, 5.74) is 2.42. The molecule has 124 valence electrons. The molecule has 0 spiro atoms. The quantitative estimate of drug-likeness (QED) is 0.643. The van der Waals surface area contributed by atoms with E-state index >= 15 is 0 Å². The van der Waals surface area contributed by atoms with Gasteiger partial charge in [-0.05, 0) is 49.2 Å². The summed E-state index contributed by atoms with van der Waals surface area (Å²) in [4.78, 5) is 24.0. The zero-order chi connectivity index (χ0) is 17.5. The van der Waals surface area contributed by atoms with Gasteiger partial charge in [-0.15, -0.1) is 0 Å². The van der Waals surface area contributed by atoms with E-state index in [-0.39, 0.29) is 5.91 Å². The molecule has 1 N–H and O–H groups in total. The summed E-state index contributed by atoms with van der Waals surface area (Å²) in [7, 11) is 0. The molecule has 0 radical (unpaired) electrons. The zero-order valence-corrected chi connectivity index (χ0v) is 14.3. The molecule has 0 unspecified atom stereocenters. The minimum atomic E-state index is -0.405. The van der Waals surface area contributed by atoms with E-state index in [0.29, 0.717) is 28.4 Å². The van der Waals surface area contributed by atoms with Crippen molar-refractivity contribution < 1.29 is 14.3 Å². The van der Waals surface area contributed by atoms with Gasteiger partial charge in [0.05, 0.1) is 12.2 Å². The van der Waals surface area contributed by atoms with Crippen LogP contribution in [0, 0.1) is 6.92 Å². The number of esters is 1. The van der Waals surface area contributed by atoms with Crippen molar-refractivity contribution in [2.45, 2.75) is 13.8 Å². The van der Waals surface area contributed by atoms with E-state index < -0.39 is 5.97 Å². The molecule has 1 amide bonds. The predicted molar refractivity (Wildman–Crippen MR) is 96.3 cm³/mol. The fourth-order valence-electron chi connectivity index (χ4n) is 2.15. The first-order chi connectivity index (χ1) is 11.5. The van der Waals surface area contributed by atoms with Gasteiger partial charge >= 0.3 is 5.97 Å². The lowest BCUT2D eigenvalue weighted by Gasteiger charge is -2.10. The molecule has 0 aliphatic carbocycles. The molecule has 5 heteroatoms. The second kappa shape index (κ2) is 8.31. The van der Waals surface area contributed by atoms with Crippen LogP contribution < -0.4 is 5.32 Å². The fraction of sp³-hybridized carbons (Fsp3) is 0.158. The first kappa shape index (κ1) is 17.8. The molecule has 2 aromatic rings. The molecule has 2 aromatic carbocycles. The van der Waals surface area contributed by atoms with Crippen LogP contribution in [-0.4, -0.2) is 18.5 Å². The van der Waals surface area contributed by atoms with Crippen LogP contribution in [-0.2, 0) is 9.53 Å². The van der Waals surface area contributed by atoms with Crippen molar-refractivity contribution in [2.24, 2.45) is 0 Å². The topological polar surface area (TPSA) is 55.4 Å². The van der Waals surface area contributed by atoms with Gasteiger partial charge in [-0.3, -0.25) is 4.79 Å². The highest BCUT2D eigenvalue weighted by atomic mass is 35.5. The third-order valence-electron chi connectivity index (χ3n) is 3.41. The van der Waals surface area contributed by atoms with E-state index in [4.69, 9.17) is 16.3 Å². The lowest BCUT2D eigenvalue weighted by molar-refractivity contribution is -0.111. The van der Waals surface area contributed by atoms with Crippen molar-refractivity contribution in [3.63, 3.8) is 0 Å². The standard InChI is InChI=1S/C19H18ClNO3/c1-3-24-19(23)15-8-6-10-17(13(15)2)21-18(22)12-11-14-7-4-5-9-16(14)20/h4-12H,3H2,1-2H3,(H,21,22)/b12-11+. The number of ether oxygens (including phenoxy) is 1. The smallest absolute Gasteiger partial charge is 0.338 e. The minimum absolute atomic E-state index is 0.301. The number of halogens is 1. The van der Waals surface area contributed by atoms with Gasteiger partial charge in [0.25, 0.3) is 0 Å². The monoisotopic (exact) mass is 343 g/mol. The van der Waals surface area contributed by atoms with E-state index in [9.17, 15) is 9.59 Å². The Morgan fingerprint density at radius 1 is 1.17 bits per heavy atom. The Labute approximate surface area is 146 Å². The minimum Gasteiger partial charge on any atom is -0.462 e. The summed E-state index contributed by atoms with van der Waals surface area (Å²) in [6.07, 6.45) is 3.04. The van der Waals surface area contributed by atoms with Crippen molar-refractivity contribution in [3.05, 3.63) is 70.3 Å². The van der Waals surface area contributed by atoms with Crippen molar-refractivity contribution in [1.82, 2.24) is 0 Å². The highest BCUT2D eigenvalue weighted by Crippen LogP contribution is 2.20. The third-order valence-corrected chi connectivity index (χ3v) is 3.75. The molecular formula is C19H18ClNO3. The van der Waals surface area contributed by atoms with Gasteiger partial charge in [0.2, 0.25) is 5.91 Å². The fourth-order valence-corrected chi connectivity index (χ4v) is 2.35. The predicted octanol–water partition coefficient (Wildman–Crippen LogP) is 4.48. The Bertz CT molecular complexity index is 784. The average Bonchev–Trinajstić information content (AvgIpc) is 2.56. The van der Waals surface area contributed by atoms with E-state index in [1.165, 1.54) is 6.08 Å². The van der Waals surface area contributed by atoms with Crippen LogP contribution in [0.2, 0.25) is 5.02 Å². The number of benzene rings is 2. The van der Waals surface area contributed by atoms with Gasteiger partial charge in [0.1, 0.15) is 0 Å². The number of anilines is 1. The highest BCUT2D eigenvalue weighted by molar-refractivity contribution is 6.32. The maximum absolute atomic E-state index is 12.1. The summed E-state index contributed by atoms with van der Waals surface area (Å²) in [5, 5.41) is 3.33. The van der Waals surface area contributed by atoms with Crippen LogP contribution >= 0.6 is 11.6 Å². The van der Waals surface area contributed by atoms with E-state index in [1.54, 1.807) is 44.2 Å². The summed E-state index contributed by atoms with van der Waals surface area (Å²) in [6, 6.07) is 12.3. The van der Waals surface area contributed by atoms with Gasteiger partial charge in [0, 0.05) is 16.8 Å². The second-order valence-corrected chi connectivity index (χ2v) is 5.45. The lowest BCUT2D eigenvalue weighted by atomic mass is 10.1. The summed E-state index contributed by atoms with van der Waals surface area (Å²) in [6.45, 7) is 3.81. The van der Waals surface area contributed by atoms with E-state index in [2.05, 4.69) is 5.32 Å². The van der Waals surface area contributed by atoms with Crippen LogP contribution in [0.5, 0.6) is 0 Å². The normalized spacial score (nSPS) is 10.6. The molecule has 0 aliphatic rings. The Morgan fingerprint density at radius 2 is 1.92 bits per heavy atom. The number of carbonyl (C=O) groups is 2. The van der Waals surface area contributed by atoms with Gasteiger partial charge in [-0.1, -0.05) is 35.9 Å². The molecule has 0 saturated heterocycles. The first-order valence-electron chi connectivity index (χ1n) is 7.53. The Morgan fingerprint density at radius 3 is 2.62 bits per heavy atom. The third kappa shape index (κ3) is 4.46. The Kier molecular flexibility index (Phi) is 6.15. The molecule has 0 fully saturated rings. The summed E-state index contributed by atoms with van der Waals surface area (Å²) in [5.74, 6) is -0.711. The van der Waals surface area contributed by atoms with Crippen molar-refractivity contribution in [3.8, 4) is 0 Å². The molecule has 0 heterocycles. The van der Waals surface area contributed by atoms with Crippen molar-refractivity contribution in [1.29, 1.82) is 0 Å². The van der Waals surface area contributed by atoms with Crippen LogP contribution in [0.3, 0.4) is 0 Å². The zero-order valence-electron chi connectivity index (χ0n) is 13.5. The van der Waals surface area contributed by atoms with Crippen molar-refractivity contribution >= 4 is 35.2 Å². The van der Waals surface area contributed by atoms with Gasteiger partial charge in [0.15, 0.2) is 0 Å². The molecule has 0 bridgehead atoms. The average molecular weight is 344 g/mol. The largest absolute Gasteiger partial charge is 0.462 e. The molecule has 4 nitrogen and oxygen atoms in total. The number of nitrogens with one attached hydrogen (secondary N) is 1. The number of carbonyl (C=O) groups excluding carboxylic acids is 2. The van der Waals surface area contributed by atoms with Crippen LogP contribution in [0.25, 0.3) is 6.08 Å². The summed E-state index contributed by atoms with van der Waals surface area (Å²) < 4.78 is 5.01. The van der Waals surface area contributed by atoms with Crippen LogP contribution in [0.4, 0.5) is 5.69 Å². The maximum atomic E-state index is 12.1. The first-order valence-corrected chi connectivity index (χ1v) is 7.91. The lowest BCUT2D eigenvalue weighted by Crippen LogP contribution is -2.12. The number of hydrogen-bond donors (Lipinski definition) is 1. The molecule has 0 saturated carbocycles. The van der Waals surface area contributed by atoms with Crippen molar-refractivity contribution in [2.75, 3.05) is 11.9 Å². The van der Waals surface area contributed by atoms with Crippen LogP contribution in [0.15, 0.2) is 48.5 Å². The number of hydrogen-bond acceptors (Lipinski definition) is 3. The molecule has 0 atom stereocenters. The second-order valence-electron chi connectivity index (χ2n) is 5.04. The Hall–Kier alpha value is -2.59. The summed E-state index contributed by atoms with van der Waals surface area (Å²) >= 11 is 6.04. The van der Waals surface area contributed by atoms with E-state index in [1.807, 2.05) is 18.2 Å². The molecule has 2 rings (SSSR count). The molecule has 0 aliphatic heterocycles.